The minimum Gasteiger partial charge on any atom is -0.315 e. The van der Waals surface area contributed by atoms with Crippen molar-refractivity contribution in [3.8, 4) is 0 Å². The maximum atomic E-state index is 12.1. The first-order valence-corrected chi connectivity index (χ1v) is 7.82. The zero-order valence-electron chi connectivity index (χ0n) is 8.91. The van der Waals surface area contributed by atoms with Crippen molar-refractivity contribution in [2.75, 3.05) is 13.1 Å². The minimum atomic E-state index is -3.49. The van der Waals surface area contributed by atoms with Gasteiger partial charge in [0.05, 0.1) is 4.90 Å². The molecule has 0 amide bonds. The van der Waals surface area contributed by atoms with Gasteiger partial charge in [-0.1, -0.05) is 11.6 Å². The summed E-state index contributed by atoms with van der Waals surface area (Å²) in [7, 11) is -3.49. The van der Waals surface area contributed by atoms with Gasteiger partial charge >= 0.3 is 0 Å². The Morgan fingerprint density at radius 1 is 1.47 bits per heavy atom. The molecule has 1 heterocycles. The monoisotopic (exact) mass is 338 g/mol. The fraction of sp³-hybridized carbons (Fsp3) is 0.400. The summed E-state index contributed by atoms with van der Waals surface area (Å²) in [4.78, 5) is 0.216. The predicted octanol–water partition coefficient (Wildman–Crippen LogP) is 1.74. The molecular formula is C10H12BrClN2O2S. The molecule has 1 aromatic carbocycles. The number of halogens is 2. The van der Waals surface area contributed by atoms with E-state index in [1.807, 2.05) is 0 Å². The van der Waals surface area contributed by atoms with Gasteiger partial charge in [0.15, 0.2) is 0 Å². The molecule has 0 radical (unpaired) electrons. The van der Waals surface area contributed by atoms with Crippen LogP contribution in [0.3, 0.4) is 0 Å². The van der Waals surface area contributed by atoms with Crippen LogP contribution in [0.1, 0.15) is 6.42 Å². The van der Waals surface area contributed by atoms with Gasteiger partial charge in [0.2, 0.25) is 10.0 Å². The van der Waals surface area contributed by atoms with E-state index in [4.69, 9.17) is 11.6 Å². The fourth-order valence-electron chi connectivity index (χ4n) is 1.73. The largest absolute Gasteiger partial charge is 0.315 e. The van der Waals surface area contributed by atoms with Crippen molar-refractivity contribution in [3.05, 3.63) is 27.7 Å². The van der Waals surface area contributed by atoms with Crippen LogP contribution >= 0.6 is 27.5 Å². The molecule has 1 saturated heterocycles. The zero-order chi connectivity index (χ0) is 12.5. The minimum absolute atomic E-state index is 0.0393. The van der Waals surface area contributed by atoms with Crippen LogP contribution in [0.25, 0.3) is 0 Å². The van der Waals surface area contributed by atoms with Crippen LogP contribution in [0.2, 0.25) is 5.02 Å². The number of benzene rings is 1. The Morgan fingerprint density at radius 2 is 2.24 bits per heavy atom. The van der Waals surface area contributed by atoms with Crippen molar-refractivity contribution >= 4 is 37.6 Å². The maximum absolute atomic E-state index is 12.1. The summed E-state index contributed by atoms with van der Waals surface area (Å²) >= 11 is 9.00. The number of rotatable bonds is 3. The van der Waals surface area contributed by atoms with E-state index in [0.717, 1.165) is 13.0 Å². The Hall–Kier alpha value is -0.140. The highest BCUT2D eigenvalue weighted by Crippen LogP contribution is 2.25. The van der Waals surface area contributed by atoms with Crippen molar-refractivity contribution in [2.45, 2.75) is 17.4 Å². The Morgan fingerprint density at radius 3 is 2.82 bits per heavy atom. The quantitative estimate of drug-likeness (QED) is 0.882. The molecule has 1 aromatic rings. The molecule has 1 unspecified atom stereocenters. The van der Waals surface area contributed by atoms with Gasteiger partial charge in [0.25, 0.3) is 0 Å². The molecule has 0 saturated carbocycles. The number of nitrogens with one attached hydrogen (secondary N) is 2. The highest BCUT2D eigenvalue weighted by molar-refractivity contribution is 9.10. The van der Waals surface area contributed by atoms with Crippen LogP contribution in [-0.4, -0.2) is 27.5 Å². The molecule has 94 valence electrons. The van der Waals surface area contributed by atoms with Gasteiger partial charge in [-0.15, -0.1) is 0 Å². The molecule has 1 fully saturated rings. The van der Waals surface area contributed by atoms with Gasteiger partial charge in [-0.05, 0) is 47.1 Å². The van der Waals surface area contributed by atoms with Crippen LogP contribution in [0.5, 0.6) is 0 Å². The summed E-state index contributed by atoms with van der Waals surface area (Å²) in [5, 5.41) is 3.61. The summed E-state index contributed by atoms with van der Waals surface area (Å²) in [5.74, 6) is 0. The molecule has 2 rings (SSSR count). The smallest absolute Gasteiger partial charge is 0.241 e. The van der Waals surface area contributed by atoms with Crippen molar-refractivity contribution in [1.29, 1.82) is 0 Å². The summed E-state index contributed by atoms with van der Waals surface area (Å²) in [6.45, 7) is 1.51. The lowest BCUT2D eigenvalue weighted by molar-refractivity contribution is 0.559. The Labute approximate surface area is 114 Å². The van der Waals surface area contributed by atoms with Crippen molar-refractivity contribution in [3.63, 3.8) is 0 Å². The van der Waals surface area contributed by atoms with E-state index in [1.165, 1.54) is 6.07 Å². The molecular weight excluding hydrogens is 328 g/mol. The Balaban J connectivity index is 2.24. The average molecular weight is 340 g/mol. The highest BCUT2D eigenvalue weighted by atomic mass is 79.9. The predicted molar refractivity (Wildman–Crippen MR) is 70.7 cm³/mol. The second-order valence-corrected chi connectivity index (χ2v) is 6.86. The third kappa shape index (κ3) is 3.20. The van der Waals surface area contributed by atoms with Gasteiger partial charge in [-0.2, -0.15) is 0 Å². The first kappa shape index (κ1) is 13.3. The van der Waals surface area contributed by atoms with E-state index in [0.29, 0.717) is 16.0 Å². The summed E-state index contributed by atoms with van der Waals surface area (Å²) in [6.07, 6.45) is 0.810. The van der Waals surface area contributed by atoms with Crippen LogP contribution < -0.4 is 10.0 Å². The number of hydrogen-bond acceptors (Lipinski definition) is 3. The first-order valence-electron chi connectivity index (χ1n) is 5.17. The molecule has 0 spiro atoms. The van der Waals surface area contributed by atoms with Crippen LogP contribution in [0.15, 0.2) is 27.6 Å². The van der Waals surface area contributed by atoms with E-state index < -0.39 is 10.0 Å². The Bertz CT molecular complexity index is 515. The molecule has 0 aliphatic carbocycles. The molecule has 2 N–H and O–H groups in total. The standard InChI is InChI=1S/C10H12BrClN2O2S/c11-9-5-7(12)1-2-10(9)17(15,16)14-8-3-4-13-6-8/h1-2,5,8,13-14H,3-4,6H2. The van der Waals surface area contributed by atoms with E-state index in [9.17, 15) is 8.42 Å². The van der Waals surface area contributed by atoms with E-state index in [2.05, 4.69) is 26.0 Å². The fourth-order valence-corrected chi connectivity index (χ4v) is 4.38. The normalized spacial score (nSPS) is 20.7. The molecule has 1 aliphatic heterocycles. The highest BCUT2D eigenvalue weighted by Gasteiger charge is 2.24. The van der Waals surface area contributed by atoms with Crippen LogP contribution in [0, 0.1) is 0 Å². The molecule has 1 aliphatic rings. The molecule has 0 bridgehead atoms. The van der Waals surface area contributed by atoms with Gasteiger partial charge in [-0.25, -0.2) is 13.1 Å². The van der Waals surface area contributed by atoms with Crippen LogP contribution in [0.4, 0.5) is 0 Å². The van der Waals surface area contributed by atoms with E-state index in [1.54, 1.807) is 12.1 Å². The summed E-state index contributed by atoms with van der Waals surface area (Å²) in [5.41, 5.74) is 0. The topological polar surface area (TPSA) is 58.2 Å². The van der Waals surface area contributed by atoms with E-state index >= 15 is 0 Å². The second kappa shape index (κ2) is 5.24. The van der Waals surface area contributed by atoms with Crippen molar-refractivity contribution in [2.24, 2.45) is 0 Å². The summed E-state index contributed by atoms with van der Waals surface area (Å²) < 4.78 is 27.4. The number of sulfonamides is 1. The molecule has 4 nitrogen and oxygen atoms in total. The zero-order valence-corrected chi connectivity index (χ0v) is 12.1. The third-order valence-corrected chi connectivity index (χ3v) is 5.30. The molecule has 17 heavy (non-hydrogen) atoms. The van der Waals surface area contributed by atoms with Gasteiger partial charge in [-0.3, -0.25) is 0 Å². The third-order valence-electron chi connectivity index (χ3n) is 2.57. The molecule has 0 aromatic heterocycles. The first-order chi connectivity index (χ1) is 7.99. The summed E-state index contributed by atoms with van der Waals surface area (Å²) in [6, 6.07) is 4.59. The van der Waals surface area contributed by atoms with E-state index in [-0.39, 0.29) is 10.9 Å². The van der Waals surface area contributed by atoms with Crippen LogP contribution in [-0.2, 0) is 10.0 Å². The second-order valence-electron chi connectivity index (χ2n) is 3.89. The van der Waals surface area contributed by atoms with Gasteiger partial charge in [0, 0.05) is 22.1 Å². The number of hydrogen-bond donors (Lipinski definition) is 2. The lowest BCUT2D eigenvalue weighted by Crippen LogP contribution is -2.36. The lowest BCUT2D eigenvalue weighted by Gasteiger charge is -2.13. The van der Waals surface area contributed by atoms with Crippen molar-refractivity contribution in [1.82, 2.24) is 10.0 Å². The maximum Gasteiger partial charge on any atom is 0.241 e. The molecule has 7 heteroatoms. The van der Waals surface area contributed by atoms with Crippen molar-refractivity contribution < 1.29 is 8.42 Å². The lowest BCUT2D eigenvalue weighted by atomic mass is 10.3. The Kier molecular flexibility index (Phi) is 4.10. The van der Waals surface area contributed by atoms with Gasteiger partial charge < -0.3 is 5.32 Å². The SMILES string of the molecule is O=S(=O)(NC1CCNC1)c1ccc(Cl)cc1Br. The average Bonchev–Trinajstić information content (AvgIpc) is 2.68. The molecule has 1 atom stereocenters. The van der Waals surface area contributed by atoms with Gasteiger partial charge in [0.1, 0.15) is 0 Å².